The van der Waals surface area contributed by atoms with Gasteiger partial charge < -0.3 is 5.32 Å². The first-order chi connectivity index (χ1) is 15.3. The van der Waals surface area contributed by atoms with Gasteiger partial charge in [-0.1, -0.05) is 49.7 Å². The monoisotopic (exact) mass is 457 g/mol. The van der Waals surface area contributed by atoms with Gasteiger partial charge in [0.15, 0.2) is 0 Å². The van der Waals surface area contributed by atoms with Gasteiger partial charge in [0.05, 0.1) is 11.9 Å². The highest BCUT2D eigenvalue weighted by Gasteiger charge is 2.31. The summed E-state index contributed by atoms with van der Waals surface area (Å²) in [7, 11) is -3.63. The molecule has 0 radical (unpaired) electrons. The van der Waals surface area contributed by atoms with Crippen LogP contribution < -0.4 is 9.62 Å². The van der Waals surface area contributed by atoms with Gasteiger partial charge in [-0.3, -0.25) is 14.0 Å². The third-order valence-corrected chi connectivity index (χ3v) is 7.11. The molecule has 174 valence electrons. The van der Waals surface area contributed by atoms with E-state index in [1.807, 2.05) is 32.0 Å². The molecule has 1 aliphatic rings. The van der Waals surface area contributed by atoms with Crippen LogP contribution in [0.25, 0.3) is 0 Å². The highest BCUT2D eigenvalue weighted by atomic mass is 32.2. The predicted molar refractivity (Wildman–Crippen MR) is 130 cm³/mol. The van der Waals surface area contributed by atoms with E-state index in [9.17, 15) is 13.2 Å². The summed E-state index contributed by atoms with van der Waals surface area (Å²) >= 11 is 0. The first-order valence-corrected chi connectivity index (χ1v) is 13.3. The number of nitrogens with one attached hydrogen (secondary N) is 1. The Bertz CT molecular complexity index is 999. The second-order valence-electron chi connectivity index (χ2n) is 8.69. The van der Waals surface area contributed by atoms with E-state index in [-0.39, 0.29) is 5.91 Å². The van der Waals surface area contributed by atoms with Crippen LogP contribution in [0.2, 0.25) is 0 Å². The number of carbonyl (C=O) groups excluding carboxylic acids is 1. The molecule has 0 bridgehead atoms. The molecule has 7 heteroatoms. The zero-order chi connectivity index (χ0) is 23.1. The van der Waals surface area contributed by atoms with Gasteiger partial charge in [-0.05, 0) is 68.1 Å². The van der Waals surface area contributed by atoms with Crippen molar-refractivity contribution in [2.24, 2.45) is 0 Å². The Morgan fingerprint density at radius 2 is 1.72 bits per heavy atom. The Morgan fingerprint density at radius 3 is 2.31 bits per heavy atom. The molecule has 32 heavy (non-hydrogen) atoms. The Hall–Kier alpha value is -2.38. The van der Waals surface area contributed by atoms with E-state index >= 15 is 0 Å². The molecule has 2 aromatic rings. The average Bonchev–Trinajstić information content (AvgIpc) is 2.76. The fraction of sp³-hybridized carbons (Fsp3) is 0.480. The number of hydrogen-bond acceptors (Lipinski definition) is 4. The number of sulfonamides is 1. The molecule has 1 atom stereocenters. The number of carbonyl (C=O) groups is 1. The second-order valence-corrected chi connectivity index (χ2v) is 10.6. The smallest absolute Gasteiger partial charge is 0.244 e. The summed E-state index contributed by atoms with van der Waals surface area (Å²) in [5, 5.41) is 2.93. The number of aryl methyl sites for hydroxylation is 1. The quantitative estimate of drug-likeness (QED) is 0.621. The SMILES string of the molecule is CC[C@H](C(=O)NCc1ccc(CN2CCCCC2)cc1)N(c1cccc(C)c1)S(C)(=O)=O. The van der Waals surface area contributed by atoms with Crippen molar-refractivity contribution in [3.05, 3.63) is 65.2 Å². The minimum Gasteiger partial charge on any atom is -0.350 e. The van der Waals surface area contributed by atoms with E-state index < -0.39 is 16.1 Å². The molecular formula is C25H35N3O3S. The molecule has 1 heterocycles. The van der Waals surface area contributed by atoms with Crippen LogP contribution in [0, 0.1) is 6.92 Å². The highest BCUT2D eigenvalue weighted by Crippen LogP contribution is 2.23. The molecule has 0 saturated carbocycles. The number of hydrogen-bond donors (Lipinski definition) is 1. The summed E-state index contributed by atoms with van der Waals surface area (Å²) < 4.78 is 26.4. The lowest BCUT2D eigenvalue weighted by Crippen LogP contribution is -2.49. The Morgan fingerprint density at radius 1 is 1.06 bits per heavy atom. The van der Waals surface area contributed by atoms with Crippen molar-refractivity contribution >= 4 is 21.6 Å². The maximum atomic E-state index is 13.0. The normalized spacial score (nSPS) is 15.8. The molecular weight excluding hydrogens is 422 g/mol. The fourth-order valence-corrected chi connectivity index (χ4v) is 5.47. The minimum absolute atomic E-state index is 0.295. The third kappa shape index (κ3) is 6.56. The van der Waals surface area contributed by atoms with Gasteiger partial charge in [0.2, 0.25) is 15.9 Å². The van der Waals surface area contributed by atoms with Crippen molar-refractivity contribution < 1.29 is 13.2 Å². The van der Waals surface area contributed by atoms with Crippen molar-refractivity contribution in [2.75, 3.05) is 23.7 Å². The number of rotatable bonds is 9. The molecule has 1 fully saturated rings. The number of nitrogens with zero attached hydrogens (tertiary/aromatic N) is 2. The van der Waals surface area contributed by atoms with Crippen LogP contribution in [0.3, 0.4) is 0 Å². The lowest BCUT2D eigenvalue weighted by Gasteiger charge is -2.30. The van der Waals surface area contributed by atoms with Crippen molar-refractivity contribution in [3.8, 4) is 0 Å². The van der Waals surface area contributed by atoms with Crippen LogP contribution in [-0.4, -0.2) is 44.6 Å². The number of likely N-dealkylation sites (tertiary alicyclic amines) is 1. The van der Waals surface area contributed by atoms with Crippen LogP contribution >= 0.6 is 0 Å². The molecule has 2 aromatic carbocycles. The summed E-state index contributed by atoms with van der Waals surface area (Å²) in [6.07, 6.45) is 5.40. The van der Waals surface area contributed by atoms with Crippen LogP contribution in [0.4, 0.5) is 5.69 Å². The predicted octanol–water partition coefficient (Wildman–Crippen LogP) is 3.84. The first-order valence-electron chi connectivity index (χ1n) is 11.4. The maximum Gasteiger partial charge on any atom is 0.244 e. The molecule has 0 unspecified atom stereocenters. The molecule has 0 aromatic heterocycles. The standard InChI is InChI=1S/C25H35N3O3S/c1-4-24(28(32(3,30)31)23-10-8-9-20(2)17-23)25(29)26-18-21-11-13-22(14-12-21)19-27-15-6-5-7-16-27/h8-14,17,24H,4-7,15-16,18-19H2,1-3H3,(H,26,29)/t24-/m1/s1. The average molecular weight is 458 g/mol. The summed E-state index contributed by atoms with van der Waals surface area (Å²) in [6.45, 7) is 7.38. The second kappa shape index (κ2) is 11.0. The first kappa shape index (κ1) is 24.3. The van der Waals surface area contributed by atoms with E-state index in [1.165, 1.54) is 29.1 Å². The molecule has 0 spiro atoms. The van der Waals surface area contributed by atoms with Crippen LogP contribution in [-0.2, 0) is 27.9 Å². The van der Waals surface area contributed by atoms with E-state index in [2.05, 4.69) is 22.3 Å². The van der Waals surface area contributed by atoms with E-state index in [1.54, 1.807) is 18.2 Å². The van der Waals surface area contributed by atoms with Gasteiger partial charge >= 0.3 is 0 Å². The van der Waals surface area contributed by atoms with Gasteiger partial charge in [-0.2, -0.15) is 0 Å². The minimum atomic E-state index is -3.63. The summed E-state index contributed by atoms with van der Waals surface area (Å²) in [5.41, 5.74) is 3.72. The van der Waals surface area contributed by atoms with Crippen LogP contribution in [0.1, 0.15) is 49.3 Å². The number of amides is 1. The molecule has 3 rings (SSSR count). The van der Waals surface area contributed by atoms with Gasteiger partial charge in [-0.25, -0.2) is 8.42 Å². The van der Waals surface area contributed by atoms with Gasteiger partial charge in [0, 0.05) is 13.1 Å². The number of anilines is 1. The van der Waals surface area contributed by atoms with Crippen molar-refractivity contribution in [2.45, 2.75) is 58.7 Å². The van der Waals surface area contributed by atoms with Crippen LogP contribution in [0.5, 0.6) is 0 Å². The molecule has 1 N–H and O–H groups in total. The van der Waals surface area contributed by atoms with Crippen molar-refractivity contribution in [1.82, 2.24) is 10.2 Å². The number of benzene rings is 2. The van der Waals surface area contributed by atoms with Gasteiger partial charge in [0.25, 0.3) is 0 Å². The van der Waals surface area contributed by atoms with E-state index in [0.29, 0.717) is 18.7 Å². The van der Waals surface area contributed by atoms with E-state index in [0.717, 1.165) is 37.0 Å². The summed E-state index contributed by atoms with van der Waals surface area (Å²) in [6, 6.07) is 14.7. The van der Waals surface area contributed by atoms with Crippen molar-refractivity contribution in [1.29, 1.82) is 0 Å². The lowest BCUT2D eigenvalue weighted by molar-refractivity contribution is -0.122. The molecule has 1 amide bonds. The third-order valence-electron chi connectivity index (χ3n) is 5.93. The molecule has 6 nitrogen and oxygen atoms in total. The zero-order valence-corrected chi connectivity index (χ0v) is 20.2. The maximum absolute atomic E-state index is 13.0. The molecule has 0 aliphatic carbocycles. The Labute approximate surface area is 192 Å². The fourth-order valence-electron chi connectivity index (χ4n) is 4.27. The summed E-state index contributed by atoms with van der Waals surface area (Å²) in [5.74, 6) is -0.295. The number of piperidine rings is 1. The van der Waals surface area contributed by atoms with E-state index in [4.69, 9.17) is 0 Å². The molecule has 1 aliphatic heterocycles. The zero-order valence-electron chi connectivity index (χ0n) is 19.4. The largest absolute Gasteiger partial charge is 0.350 e. The highest BCUT2D eigenvalue weighted by molar-refractivity contribution is 7.92. The Balaban J connectivity index is 1.65. The van der Waals surface area contributed by atoms with Crippen molar-refractivity contribution in [3.63, 3.8) is 0 Å². The van der Waals surface area contributed by atoms with Gasteiger partial charge in [-0.15, -0.1) is 0 Å². The van der Waals surface area contributed by atoms with Crippen LogP contribution in [0.15, 0.2) is 48.5 Å². The summed E-state index contributed by atoms with van der Waals surface area (Å²) in [4.78, 5) is 15.5. The molecule has 1 saturated heterocycles. The topological polar surface area (TPSA) is 69.7 Å². The van der Waals surface area contributed by atoms with Gasteiger partial charge in [0.1, 0.15) is 6.04 Å². The lowest BCUT2D eigenvalue weighted by atomic mass is 10.1. The Kier molecular flexibility index (Phi) is 8.32.